The van der Waals surface area contributed by atoms with Gasteiger partial charge >= 0.3 is 0 Å². The summed E-state index contributed by atoms with van der Waals surface area (Å²) in [6.45, 7) is 1.87. The van der Waals surface area contributed by atoms with Crippen LogP contribution in [0.4, 0.5) is 0 Å². The molecule has 1 heterocycles. The number of aryl methyl sites for hydroxylation is 1. The molecular weight excluding hydrogens is 266 g/mol. The summed E-state index contributed by atoms with van der Waals surface area (Å²) in [4.78, 5) is 8.18. The molecule has 2 rings (SSSR count). The highest BCUT2D eigenvalue weighted by Crippen LogP contribution is 2.14. The molecule has 0 amide bonds. The van der Waals surface area contributed by atoms with Crippen LogP contribution < -0.4 is 4.72 Å². The number of sulfonamides is 1. The average molecular weight is 279 g/mol. The molecule has 1 aromatic carbocycles. The van der Waals surface area contributed by atoms with E-state index in [9.17, 15) is 8.42 Å². The first-order valence-corrected chi connectivity index (χ1v) is 7.02. The predicted octanol–water partition coefficient (Wildman–Crippen LogP) is 0.969. The number of aromatic hydroxyl groups is 1. The summed E-state index contributed by atoms with van der Waals surface area (Å²) in [6, 6.07) is 5.30. The van der Waals surface area contributed by atoms with Crippen molar-refractivity contribution in [3.8, 4) is 5.75 Å². The van der Waals surface area contributed by atoms with Gasteiger partial charge < -0.3 is 5.11 Å². The molecule has 0 unspecified atom stereocenters. The van der Waals surface area contributed by atoms with Gasteiger partial charge in [0.1, 0.15) is 5.75 Å². The maximum atomic E-state index is 11.9. The quantitative estimate of drug-likeness (QED) is 0.870. The lowest BCUT2D eigenvalue weighted by Crippen LogP contribution is -2.23. The Morgan fingerprint density at radius 2 is 1.84 bits per heavy atom. The number of rotatable bonds is 4. The molecule has 2 aromatic rings. The average Bonchev–Trinajstić information content (AvgIpc) is 2.39. The van der Waals surface area contributed by atoms with Gasteiger partial charge in [-0.2, -0.15) is 0 Å². The molecule has 6 nitrogen and oxygen atoms in total. The van der Waals surface area contributed by atoms with Crippen molar-refractivity contribution in [3.63, 3.8) is 0 Å². The molecule has 19 heavy (non-hydrogen) atoms. The molecule has 100 valence electrons. The van der Waals surface area contributed by atoms with E-state index in [0.717, 1.165) is 5.69 Å². The summed E-state index contributed by atoms with van der Waals surface area (Å²) >= 11 is 0. The van der Waals surface area contributed by atoms with Crippen LogP contribution in [0.1, 0.15) is 11.4 Å². The first-order valence-electron chi connectivity index (χ1n) is 5.53. The van der Waals surface area contributed by atoms with Crippen LogP contribution in [0.25, 0.3) is 0 Å². The topological polar surface area (TPSA) is 92.2 Å². The summed E-state index contributed by atoms with van der Waals surface area (Å²) in [7, 11) is -3.61. The van der Waals surface area contributed by atoms with Gasteiger partial charge in [0.25, 0.3) is 0 Å². The Balaban J connectivity index is 2.09. The largest absolute Gasteiger partial charge is 0.508 e. The van der Waals surface area contributed by atoms with E-state index in [0.29, 0.717) is 5.69 Å². The first-order chi connectivity index (χ1) is 8.97. The van der Waals surface area contributed by atoms with Gasteiger partial charge in [-0.05, 0) is 31.2 Å². The normalized spacial score (nSPS) is 11.4. The lowest BCUT2D eigenvalue weighted by Gasteiger charge is -2.06. The van der Waals surface area contributed by atoms with Crippen LogP contribution >= 0.6 is 0 Å². The standard InChI is InChI=1S/C12H13N3O3S/c1-9-6-14-10(7-13-9)8-15-19(17,18)12-4-2-11(16)3-5-12/h2-7,15-16H,8H2,1H3. The number of phenols is 1. The van der Waals surface area contributed by atoms with Crippen molar-refractivity contribution in [2.45, 2.75) is 18.4 Å². The zero-order valence-corrected chi connectivity index (χ0v) is 11.1. The van der Waals surface area contributed by atoms with Gasteiger partial charge in [0.15, 0.2) is 0 Å². The molecule has 1 aromatic heterocycles. The number of nitrogens with one attached hydrogen (secondary N) is 1. The van der Waals surface area contributed by atoms with Crippen LogP contribution in [0, 0.1) is 6.92 Å². The zero-order valence-electron chi connectivity index (χ0n) is 10.2. The van der Waals surface area contributed by atoms with Crippen molar-refractivity contribution in [3.05, 3.63) is 48.0 Å². The fraction of sp³-hybridized carbons (Fsp3) is 0.167. The minimum atomic E-state index is -3.61. The lowest BCUT2D eigenvalue weighted by atomic mass is 10.3. The van der Waals surface area contributed by atoms with Gasteiger partial charge in [-0.1, -0.05) is 0 Å². The van der Waals surface area contributed by atoms with Crippen molar-refractivity contribution in [1.82, 2.24) is 14.7 Å². The number of hydrogen-bond donors (Lipinski definition) is 2. The Hall–Kier alpha value is -1.99. The minimum Gasteiger partial charge on any atom is -0.508 e. The summed E-state index contributed by atoms with van der Waals surface area (Å²) < 4.78 is 26.3. The fourth-order valence-corrected chi connectivity index (χ4v) is 2.39. The monoisotopic (exact) mass is 279 g/mol. The molecule has 0 atom stereocenters. The highest BCUT2D eigenvalue weighted by atomic mass is 32.2. The molecule has 0 saturated carbocycles. The third-order valence-corrected chi connectivity index (χ3v) is 3.84. The molecule has 2 N–H and O–H groups in total. The Morgan fingerprint density at radius 1 is 1.16 bits per heavy atom. The van der Waals surface area contributed by atoms with Gasteiger partial charge in [-0.15, -0.1) is 0 Å². The number of hydrogen-bond acceptors (Lipinski definition) is 5. The highest BCUT2D eigenvalue weighted by molar-refractivity contribution is 7.89. The molecule has 7 heteroatoms. The van der Waals surface area contributed by atoms with E-state index >= 15 is 0 Å². The molecular formula is C12H13N3O3S. The Bertz CT molecular complexity index is 652. The van der Waals surface area contributed by atoms with E-state index in [2.05, 4.69) is 14.7 Å². The van der Waals surface area contributed by atoms with E-state index in [1.165, 1.54) is 30.5 Å². The Kier molecular flexibility index (Phi) is 3.77. The van der Waals surface area contributed by atoms with Crippen molar-refractivity contribution < 1.29 is 13.5 Å². The van der Waals surface area contributed by atoms with E-state index in [-0.39, 0.29) is 17.2 Å². The van der Waals surface area contributed by atoms with Crippen LogP contribution in [-0.2, 0) is 16.6 Å². The lowest BCUT2D eigenvalue weighted by molar-refractivity contribution is 0.474. The Labute approximate surface area is 111 Å². The van der Waals surface area contributed by atoms with E-state index in [1.54, 1.807) is 13.1 Å². The maximum absolute atomic E-state index is 11.9. The van der Waals surface area contributed by atoms with Gasteiger partial charge in [-0.3, -0.25) is 9.97 Å². The number of phenolic OH excluding ortho intramolecular Hbond substituents is 1. The summed E-state index contributed by atoms with van der Waals surface area (Å²) in [6.07, 6.45) is 3.10. The van der Waals surface area contributed by atoms with Crippen molar-refractivity contribution in [1.29, 1.82) is 0 Å². The Morgan fingerprint density at radius 3 is 2.42 bits per heavy atom. The molecule has 0 aliphatic rings. The van der Waals surface area contributed by atoms with Crippen LogP contribution in [0.3, 0.4) is 0 Å². The van der Waals surface area contributed by atoms with E-state index < -0.39 is 10.0 Å². The van der Waals surface area contributed by atoms with Crippen LogP contribution in [0.5, 0.6) is 5.75 Å². The van der Waals surface area contributed by atoms with E-state index in [4.69, 9.17) is 5.11 Å². The van der Waals surface area contributed by atoms with Gasteiger partial charge in [-0.25, -0.2) is 13.1 Å². The highest BCUT2D eigenvalue weighted by Gasteiger charge is 2.13. The van der Waals surface area contributed by atoms with Crippen LogP contribution in [0.2, 0.25) is 0 Å². The molecule has 0 radical (unpaired) electrons. The molecule has 0 aliphatic heterocycles. The van der Waals surface area contributed by atoms with Gasteiger partial charge in [0.05, 0.1) is 29.0 Å². The maximum Gasteiger partial charge on any atom is 0.240 e. The first kappa shape index (κ1) is 13.4. The number of aromatic nitrogens is 2. The van der Waals surface area contributed by atoms with Crippen LogP contribution in [0.15, 0.2) is 41.6 Å². The SMILES string of the molecule is Cc1cnc(CNS(=O)(=O)c2ccc(O)cc2)cn1. The van der Waals surface area contributed by atoms with Crippen molar-refractivity contribution >= 4 is 10.0 Å². The second kappa shape index (κ2) is 5.33. The summed E-state index contributed by atoms with van der Waals surface area (Å²) in [5.74, 6) is 0.0170. The second-order valence-electron chi connectivity index (χ2n) is 3.97. The molecule has 0 bridgehead atoms. The second-order valence-corrected chi connectivity index (χ2v) is 5.73. The zero-order chi connectivity index (χ0) is 13.9. The molecule has 0 aliphatic carbocycles. The predicted molar refractivity (Wildman–Crippen MR) is 68.9 cm³/mol. The van der Waals surface area contributed by atoms with Crippen molar-refractivity contribution in [2.24, 2.45) is 0 Å². The summed E-state index contributed by atoms with van der Waals surface area (Å²) in [5, 5.41) is 9.12. The third kappa shape index (κ3) is 3.49. The molecule has 0 saturated heterocycles. The molecule has 0 fully saturated rings. The minimum absolute atomic E-state index is 0.0170. The van der Waals surface area contributed by atoms with Gasteiger partial charge in [0, 0.05) is 6.20 Å². The van der Waals surface area contributed by atoms with E-state index in [1.807, 2.05) is 0 Å². The smallest absolute Gasteiger partial charge is 0.240 e. The molecule has 0 spiro atoms. The van der Waals surface area contributed by atoms with Crippen molar-refractivity contribution in [2.75, 3.05) is 0 Å². The fourth-order valence-electron chi connectivity index (χ4n) is 1.39. The number of nitrogens with zero attached hydrogens (tertiary/aromatic N) is 2. The third-order valence-electron chi connectivity index (χ3n) is 2.42. The van der Waals surface area contributed by atoms with Crippen LogP contribution in [-0.4, -0.2) is 23.5 Å². The number of benzene rings is 1. The summed E-state index contributed by atoms with van der Waals surface area (Å²) in [5.41, 5.74) is 1.30. The van der Waals surface area contributed by atoms with Gasteiger partial charge in [0.2, 0.25) is 10.0 Å².